The molecule has 4 rings (SSSR count). The number of rotatable bonds is 5. The summed E-state index contributed by atoms with van der Waals surface area (Å²) in [4.78, 5) is 13.1. The van der Waals surface area contributed by atoms with Gasteiger partial charge in [-0.2, -0.15) is 4.40 Å². The summed E-state index contributed by atoms with van der Waals surface area (Å²) in [5, 5.41) is 14.1. The minimum atomic E-state index is -0.422. The quantitative estimate of drug-likeness (QED) is 0.422. The molecule has 0 radical (unpaired) electrons. The Bertz CT molecular complexity index is 1330. The third-order valence-corrected chi connectivity index (χ3v) is 5.31. The Labute approximate surface area is 189 Å². The van der Waals surface area contributed by atoms with Gasteiger partial charge in [-0.3, -0.25) is 0 Å². The van der Waals surface area contributed by atoms with Crippen LogP contribution in [-0.2, 0) is 6.54 Å². The van der Waals surface area contributed by atoms with E-state index in [4.69, 9.17) is 27.9 Å². The molecule has 0 aliphatic heterocycles. The zero-order valence-electron chi connectivity index (χ0n) is 16.6. The SMILES string of the molecule is COc1ccc(/C=C/C[n+]2c([O-])c(-c3cc(Cl)cc(Cl)c3)c(=O)n3ccccc32)cc1. The van der Waals surface area contributed by atoms with Gasteiger partial charge in [0.1, 0.15) is 17.9 Å². The van der Waals surface area contributed by atoms with Gasteiger partial charge in [0.25, 0.3) is 5.65 Å². The fourth-order valence-electron chi connectivity index (χ4n) is 3.41. The van der Waals surface area contributed by atoms with Crippen molar-refractivity contribution in [1.82, 2.24) is 4.40 Å². The Hall–Kier alpha value is -3.28. The Morgan fingerprint density at radius 2 is 1.77 bits per heavy atom. The van der Waals surface area contributed by atoms with Crippen LogP contribution in [0.3, 0.4) is 0 Å². The average Bonchev–Trinajstić information content (AvgIpc) is 2.76. The van der Waals surface area contributed by atoms with E-state index in [1.807, 2.05) is 36.4 Å². The van der Waals surface area contributed by atoms with E-state index in [0.717, 1.165) is 11.3 Å². The van der Waals surface area contributed by atoms with E-state index in [1.165, 1.54) is 4.40 Å². The van der Waals surface area contributed by atoms with Crippen LogP contribution in [0.2, 0.25) is 10.0 Å². The fraction of sp³-hybridized carbons (Fsp3) is 0.0833. The summed E-state index contributed by atoms with van der Waals surface area (Å²) in [7, 11) is 1.62. The van der Waals surface area contributed by atoms with Gasteiger partial charge in [-0.25, -0.2) is 9.36 Å². The Kier molecular flexibility index (Phi) is 5.98. The molecule has 0 atom stereocenters. The monoisotopic (exact) mass is 452 g/mol. The smallest absolute Gasteiger partial charge is 0.349 e. The molecule has 2 heterocycles. The van der Waals surface area contributed by atoms with Gasteiger partial charge < -0.3 is 9.84 Å². The summed E-state index contributed by atoms with van der Waals surface area (Å²) in [6.07, 6.45) is 5.41. The number of ether oxygens (including phenoxy) is 1. The van der Waals surface area contributed by atoms with Gasteiger partial charge in [-0.1, -0.05) is 47.5 Å². The van der Waals surface area contributed by atoms with Crippen molar-refractivity contribution in [3.8, 4) is 22.8 Å². The summed E-state index contributed by atoms with van der Waals surface area (Å²) >= 11 is 12.2. The molecule has 7 heteroatoms. The summed E-state index contributed by atoms with van der Waals surface area (Å²) in [5.41, 5.74) is 1.45. The average molecular weight is 453 g/mol. The molecule has 0 fully saturated rings. The molecule has 0 saturated heterocycles. The molecule has 4 aromatic rings. The second kappa shape index (κ2) is 8.84. The van der Waals surface area contributed by atoms with Gasteiger partial charge in [0.15, 0.2) is 0 Å². The topological polar surface area (TPSA) is 57.7 Å². The third kappa shape index (κ3) is 4.29. The largest absolute Gasteiger partial charge is 0.842 e. The predicted molar refractivity (Wildman–Crippen MR) is 121 cm³/mol. The number of hydrogen-bond acceptors (Lipinski definition) is 3. The molecule has 0 unspecified atom stereocenters. The molecular weight excluding hydrogens is 435 g/mol. The number of fused-ring (bicyclic) bond motifs is 1. The van der Waals surface area contributed by atoms with Crippen molar-refractivity contribution in [3.05, 3.63) is 98.9 Å². The second-order valence-electron chi connectivity index (χ2n) is 6.86. The third-order valence-electron chi connectivity index (χ3n) is 4.87. The first kappa shape index (κ1) is 21.0. The molecule has 0 amide bonds. The summed E-state index contributed by atoms with van der Waals surface area (Å²) in [6.45, 7) is 0.278. The molecule has 5 nitrogen and oxygen atoms in total. The standard InChI is InChI=1S/C24H18Cl2N2O3/c1-31-20-9-7-16(8-10-20)5-4-12-28-21-6-2-3-11-27(21)23(29)22(24(28)30)17-13-18(25)15-19(26)14-17/h2-11,13-15H,12H2,1H3/b5-4+. The highest BCUT2D eigenvalue weighted by atomic mass is 35.5. The number of aromatic nitrogens is 2. The molecule has 0 spiro atoms. The van der Waals surface area contributed by atoms with Gasteiger partial charge in [0.05, 0.1) is 19.2 Å². The molecule has 0 saturated carbocycles. The summed E-state index contributed by atoms with van der Waals surface area (Å²) in [6, 6.07) is 17.5. The molecule has 0 N–H and O–H groups in total. The first-order chi connectivity index (χ1) is 15.0. The molecule has 31 heavy (non-hydrogen) atoms. The number of allylic oxidation sites excluding steroid dienone is 1. The lowest BCUT2D eigenvalue weighted by atomic mass is 10.1. The van der Waals surface area contributed by atoms with Crippen LogP contribution in [0.15, 0.2) is 77.7 Å². The van der Waals surface area contributed by atoms with Crippen molar-refractivity contribution in [1.29, 1.82) is 0 Å². The molecular formula is C24H18Cl2N2O3. The maximum atomic E-state index is 13.4. The van der Waals surface area contributed by atoms with Gasteiger partial charge in [-0.15, -0.1) is 0 Å². The molecule has 2 aromatic heterocycles. The Morgan fingerprint density at radius 1 is 1.06 bits per heavy atom. The van der Waals surface area contributed by atoms with Gasteiger partial charge in [0.2, 0.25) is 0 Å². The van der Waals surface area contributed by atoms with Crippen LogP contribution in [0, 0.1) is 0 Å². The molecule has 0 bridgehead atoms. The highest BCUT2D eigenvalue weighted by Crippen LogP contribution is 2.28. The van der Waals surface area contributed by atoms with E-state index in [0.29, 0.717) is 21.3 Å². The van der Waals surface area contributed by atoms with Crippen molar-refractivity contribution in [2.24, 2.45) is 0 Å². The molecule has 0 aliphatic carbocycles. The minimum absolute atomic E-state index is 0.0194. The number of hydrogen-bond donors (Lipinski definition) is 0. The van der Waals surface area contributed by atoms with E-state index >= 15 is 0 Å². The fourth-order valence-corrected chi connectivity index (χ4v) is 3.93. The Balaban J connectivity index is 1.82. The number of pyridine rings is 1. The highest BCUT2D eigenvalue weighted by molar-refractivity contribution is 6.35. The van der Waals surface area contributed by atoms with Crippen LogP contribution < -0.4 is 20.0 Å². The van der Waals surface area contributed by atoms with Crippen molar-refractivity contribution >= 4 is 34.9 Å². The zero-order chi connectivity index (χ0) is 22.0. The van der Waals surface area contributed by atoms with Crippen LogP contribution >= 0.6 is 23.2 Å². The zero-order valence-corrected chi connectivity index (χ0v) is 18.1. The van der Waals surface area contributed by atoms with Crippen LogP contribution in [0.25, 0.3) is 22.9 Å². The first-order valence-corrected chi connectivity index (χ1v) is 10.2. The van der Waals surface area contributed by atoms with Gasteiger partial charge in [0, 0.05) is 16.1 Å². The lowest BCUT2D eigenvalue weighted by Crippen LogP contribution is -2.43. The van der Waals surface area contributed by atoms with Crippen LogP contribution in [0.4, 0.5) is 0 Å². The highest BCUT2D eigenvalue weighted by Gasteiger charge is 2.19. The lowest BCUT2D eigenvalue weighted by molar-refractivity contribution is -0.706. The van der Waals surface area contributed by atoms with E-state index in [-0.39, 0.29) is 12.1 Å². The minimum Gasteiger partial charge on any atom is -0.842 e. The summed E-state index contributed by atoms with van der Waals surface area (Å²) in [5.74, 6) is 0.362. The van der Waals surface area contributed by atoms with E-state index < -0.39 is 11.4 Å². The van der Waals surface area contributed by atoms with E-state index in [2.05, 4.69) is 0 Å². The molecule has 2 aromatic carbocycles. The number of halogens is 2. The normalized spacial score (nSPS) is 11.3. The molecule has 156 valence electrons. The van der Waals surface area contributed by atoms with E-state index in [1.54, 1.807) is 54.3 Å². The number of benzene rings is 2. The predicted octanol–water partition coefficient (Wildman–Crippen LogP) is 4.36. The van der Waals surface area contributed by atoms with Crippen molar-refractivity contribution in [3.63, 3.8) is 0 Å². The van der Waals surface area contributed by atoms with Crippen LogP contribution in [0.5, 0.6) is 11.6 Å². The number of nitrogens with zero attached hydrogens (tertiary/aromatic N) is 2. The molecule has 0 aliphatic rings. The van der Waals surface area contributed by atoms with Gasteiger partial charge in [-0.05, 0) is 53.6 Å². The van der Waals surface area contributed by atoms with Crippen LogP contribution in [0.1, 0.15) is 5.56 Å². The van der Waals surface area contributed by atoms with Gasteiger partial charge >= 0.3 is 5.56 Å². The maximum absolute atomic E-state index is 13.4. The number of methoxy groups -OCH3 is 1. The van der Waals surface area contributed by atoms with Crippen molar-refractivity contribution < 1.29 is 14.4 Å². The first-order valence-electron chi connectivity index (χ1n) is 9.49. The van der Waals surface area contributed by atoms with Crippen molar-refractivity contribution in [2.75, 3.05) is 7.11 Å². The maximum Gasteiger partial charge on any atom is 0.349 e. The van der Waals surface area contributed by atoms with E-state index in [9.17, 15) is 9.90 Å². The summed E-state index contributed by atoms with van der Waals surface area (Å²) < 4.78 is 8.17. The lowest BCUT2D eigenvalue weighted by Gasteiger charge is -2.16. The van der Waals surface area contributed by atoms with Crippen LogP contribution in [-0.4, -0.2) is 11.5 Å². The second-order valence-corrected chi connectivity index (χ2v) is 7.73. The Morgan fingerprint density at radius 3 is 2.45 bits per heavy atom. The van der Waals surface area contributed by atoms with Crippen molar-refractivity contribution in [2.45, 2.75) is 6.54 Å².